The Morgan fingerprint density at radius 2 is 1.25 bits per heavy atom. The van der Waals surface area contributed by atoms with Gasteiger partial charge in [0.15, 0.2) is 5.54 Å². The van der Waals surface area contributed by atoms with Crippen LogP contribution in [0.15, 0.2) is 146 Å². The molecule has 0 aliphatic carbocycles. The number of ether oxygens (including phenoxy) is 1. The van der Waals surface area contributed by atoms with Crippen molar-refractivity contribution in [1.82, 2.24) is 25.2 Å². The normalized spacial score (nSPS) is 11.4. The van der Waals surface area contributed by atoms with Crippen molar-refractivity contribution in [3.8, 4) is 28.3 Å². The molecule has 0 bridgehead atoms. The van der Waals surface area contributed by atoms with Gasteiger partial charge in [-0.2, -0.15) is 0 Å². The zero-order chi connectivity index (χ0) is 38.0. The maximum Gasteiger partial charge on any atom is 0.254 e. The summed E-state index contributed by atoms with van der Waals surface area (Å²) in [4.78, 5) is 19.5. The number of pyridine rings is 1. The van der Waals surface area contributed by atoms with Gasteiger partial charge in [-0.05, 0) is 70.3 Å². The van der Waals surface area contributed by atoms with E-state index in [-0.39, 0.29) is 6.61 Å². The molecule has 0 aliphatic rings. The molecule has 5 aromatic carbocycles. The SMILES string of the molecule is CCCCc1cc(OCc2ccc(-c3ccccc3)c(-c3nnn(C(c4ccccc4)(c4ccccc4)c4ccccc4)n3)c2)c(C(N)=O)c(CCCC)n1. The van der Waals surface area contributed by atoms with Crippen LogP contribution in [0.25, 0.3) is 22.5 Å². The summed E-state index contributed by atoms with van der Waals surface area (Å²) in [5, 5.41) is 14.8. The van der Waals surface area contributed by atoms with Crippen molar-refractivity contribution in [2.45, 2.75) is 64.5 Å². The van der Waals surface area contributed by atoms with Gasteiger partial charge in [-0.3, -0.25) is 9.78 Å². The molecule has 7 rings (SSSR count). The minimum Gasteiger partial charge on any atom is -0.488 e. The predicted molar refractivity (Wildman–Crippen MR) is 218 cm³/mol. The van der Waals surface area contributed by atoms with Gasteiger partial charge >= 0.3 is 0 Å². The molecule has 55 heavy (non-hydrogen) atoms. The third-order valence-electron chi connectivity index (χ3n) is 10.0. The summed E-state index contributed by atoms with van der Waals surface area (Å²) in [6, 6.07) is 49.2. The number of aryl methyl sites for hydroxylation is 2. The number of tetrazole rings is 1. The van der Waals surface area contributed by atoms with E-state index in [1.165, 1.54) is 0 Å². The predicted octanol–water partition coefficient (Wildman–Crippen LogP) is 9.61. The maximum absolute atomic E-state index is 12.9. The van der Waals surface area contributed by atoms with Crippen LogP contribution < -0.4 is 10.5 Å². The van der Waals surface area contributed by atoms with Crippen LogP contribution in [0.3, 0.4) is 0 Å². The van der Waals surface area contributed by atoms with Crippen molar-refractivity contribution in [2.24, 2.45) is 5.73 Å². The number of nitrogens with zero attached hydrogens (tertiary/aromatic N) is 5. The number of nitrogens with two attached hydrogens (primary N) is 1. The second-order valence-corrected chi connectivity index (χ2v) is 13.8. The van der Waals surface area contributed by atoms with Gasteiger partial charge in [0.05, 0.1) is 5.69 Å². The summed E-state index contributed by atoms with van der Waals surface area (Å²) in [5.74, 6) is 0.407. The van der Waals surface area contributed by atoms with Crippen LogP contribution in [0.1, 0.15) is 83.5 Å². The zero-order valence-corrected chi connectivity index (χ0v) is 31.4. The molecule has 0 saturated carbocycles. The summed E-state index contributed by atoms with van der Waals surface area (Å²) >= 11 is 0. The number of hydrogen-bond donors (Lipinski definition) is 1. The van der Waals surface area contributed by atoms with Crippen molar-refractivity contribution < 1.29 is 9.53 Å². The summed E-state index contributed by atoms with van der Waals surface area (Å²) in [7, 11) is 0. The van der Waals surface area contributed by atoms with E-state index in [0.29, 0.717) is 29.3 Å². The number of primary amides is 1. The van der Waals surface area contributed by atoms with Gasteiger partial charge in [0, 0.05) is 17.3 Å². The van der Waals surface area contributed by atoms with Crippen molar-refractivity contribution in [3.05, 3.63) is 185 Å². The van der Waals surface area contributed by atoms with E-state index in [0.717, 1.165) is 76.7 Å². The van der Waals surface area contributed by atoms with Crippen LogP contribution in [-0.4, -0.2) is 31.1 Å². The largest absolute Gasteiger partial charge is 0.488 e. The first-order valence-corrected chi connectivity index (χ1v) is 19.1. The highest BCUT2D eigenvalue weighted by Crippen LogP contribution is 2.40. The standard InChI is InChI=1S/C47H46N6O2/c1-3-5-27-39-32-43(44(45(48)54)42(49-39)28-6-4-2)55-33-34-29-30-40(35-19-11-7-12-20-35)41(31-34)46-50-52-53(51-46)47(36-21-13-8-14-22-36,37-23-15-9-16-24-37)38-25-17-10-18-26-38/h7-26,29-32H,3-6,27-28,33H2,1-2H3,(H2,48,54). The highest BCUT2D eigenvalue weighted by molar-refractivity contribution is 5.96. The van der Waals surface area contributed by atoms with E-state index < -0.39 is 11.4 Å². The van der Waals surface area contributed by atoms with Gasteiger partial charge in [0.2, 0.25) is 5.82 Å². The lowest BCUT2D eigenvalue weighted by atomic mass is 9.77. The monoisotopic (exact) mass is 726 g/mol. The smallest absolute Gasteiger partial charge is 0.254 e. The number of aromatic nitrogens is 5. The molecule has 0 unspecified atom stereocenters. The Labute approximate surface area is 323 Å². The van der Waals surface area contributed by atoms with Crippen molar-refractivity contribution in [3.63, 3.8) is 0 Å². The van der Waals surface area contributed by atoms with E-state index in [9.17, 15) is 4.79 Å². The fourth-order valence-electron chi connectivity index (χ4n) is 7.26. The molecule has 2 N–H and O–H groups in total. The zero-order valence-electron chi connectivity index (χ0n) is 31.4. The van der Waals surface area contributed by atoms with Crippen LogP contribution in [0.4, 0.5) is 0 Å². The number of rotatable bonds is 16. The van der Waals surface area contributed by atoms with Gasteiger partial charge in [-0.25, -0.2) is 0 Å². The van der Waals surface area contributed by atoms with Crippen molar-refractivity contribution in [2.75, 3.05) is 0 Å². The molecule has 2 heterocycles. The average molecular weight is 727 g/mol. The van der Waals surface area contributed by atoms with E-state index in [2.05, 4.69) is 74.5 Å². The molecular weight excluding hydrogens is 681 g/mol. The van der Waals surface area contributed by atoms with Crippen molar-refractivity contribution in [1.29, 1.82) is 0 Å². The number of carbonyl (C=O) groups is 1. The van der Waals surface area contributed by atoms with E-state index >= 15 is 0 Å². The highest BCUT2D eigenvalue weighted by atomic mass is 16.5. The summed E-state index contributed by atoms with van der Waals surface area (Å²) < 4.78 is 6.49. The number of hydrogen-bond acceptors (Lipinski definition) is 6. The molecule has 0 radical (unpaired) electrons. The minimum absolute atomic E-state index is 0.197. The number of benzene rings is 5. The fourth-order valence-corrected chi connectivity index (χ4v) is 7.26. The first-order chi connectivity index (χ1) is 27.0. The number of amides is 1. The van der Waals surface area contributed by atoms with Crippen LogP contribution >= 0.6 is 0 Å². The van der Waals surface area contributed by atoms with E-state index in [1.54, 1.807) is 4.80 Å². The molecule has 1 amide bonds. The van der Waals surface area contributed by atoms with E-state index in [1.807, 2.05) is 84.9 Å². The lowest BCUT2D eigenvalue weighted by molar-refractivity contribution is 0.0994. The number of carbonyl (C=O) groups excluding carboxylic acids is 1. The molecule has 8 heteroatoms. The summed E-state index contributed by atoms with van der Waals surface area (Å²) in [5.41, 5.74) is 13.7. The maximum atomic E-state index is 12.9. The third-order valence-corrected chi connectivity index (χ3v) is 10.0. The second kappa shape index (κ2) is 17.2. The lowest BCUT2D eigenvalue weighted by Crippen LogP contribution is -2.39. The third kappa shape index (κ3) is 7.80. The Hall–Kier alpha value is -6.41. The van der Waals surface area contributed by atoms with Crippen LogP contribution in [0.2, 0.25) is 0 Å². The van der Waals surface area contributed by atoms with Crippen molar-refractivity contribution >= 4 is 5.91 Å². The average Bonchev–Trinajstić information content (AvgIpc) is 3.73. The molecule has 0 atom stereocenters. The Bertz CT molecular complexity index is 2230. The van der Waals surface area contributed by atoms with Gasteiger partial charge in [0.1, 0.15) is 17.9 Å². The summed E-state index contributed by atoms with van der Waals surface area (Å²) in [6.45, 7) is 4.47. The molecular formula is C47H46N6O2. The number of unbranched alkanes of at least 4 members (excludes halogenated alkanes) is 2. The van der Waals surface area contributed by atoms with Crippen LogP contribution in [0.5, 0.6) is 5.75 Å². The Balaban J connectivity index is 1.34. The van der Waals surface area contributed by atoms with Gasteiger partial charge in [0.25, 0.3) is 5.91 Å². The molecule has 0 saturated heterocycles. The Morgan fingerprint density at radius 3 is 1.82 bits per heavy atom. The Kier molecular flexibility index (Phi) is 11.5. The summed E-state index contributed by atoms with van der Waals surface area (Å²) in [6.07, 6.45) is 5.39. The van der Waals surface area contributed by atoms with E-state index in [4.69, 9.17) is 30.9 Å². The Morgan fingerprint density at radius 1 is 0.691 bits per heavy atom. The molecule has 8 nitrogen and oxygen atoms in total. The fraction of sp³-hybridized carbons (Fsp3) is 0.213. The van der Waals surface area contributed by atoms with Crippen LogP contribution in [-0.2, 0) is 25.0 Å². The second-order valence-electron chi connectivity index (χ2n) is 13.8. The van der Waals surface area contributed by atoms with Gasteiger partial charge in [-0.1, -0.05) is 160 Å². The first-order valence-electron chi connectivity index (χ1n) is 19.1. The molecule has 0 fully saturated rings. The first kappa shape index (κ1) is 36.9. The molecule has 2 aromatic heterocycles. The van der Waals surface area contributed by atoms with Gasteiger partial charge in [-0.15, -0.1) is 15.0 Å². The topological polar surface area (TPSA) is 109 Å². The van der Waals surface area contributed by atoms with Gasteiger partial charge < -0.3 is 10.5 Å². The molecule has 7 aromatic rings. The molecule has 0 aliphatic heterocycles. The van der Waals surface area contributed by atoms with Crippen LogP contribution in [0, 0.1) is 0 Å². The quantitative estimate of drug-likeness (QED) is 0.0994. The lowest BCUT2D eigenvalue weighted by Gasteiger charge is -2.34. The highest BCUT2D eigenvalue weighted by Gasteiger charge is 2.41. The molecule has 0 spiro atoms. The molecule has 276 valence electrons. The minimum atomic E-state index is -0.917.